The molecular weight excluding hydrogens is 352 g/mol. The van der Waals surface area contributed by atoms with Gasteiger partial charge in [-0.15, -0.1) is 0 Å². The molecule has 3 N–H and O–H groups in total. The summed E-state index contributed by atoms with van der Waals surface area (Å²) in [6, 6.07) is 17.5. The van der Waals surface area contributed by atoms with Crippen molar-refractivity contribution >= 4 is 17.3 Å². The SMILES string of the molecule is C=C(NCCCN)c1ccccc1/C=C(\C)c1ccc(CCCCCCC)cc1. The summed E-state index contributed by atoms with van der Waals surface area (Å²) in [6.45, 7) is 10.2. The van der Waals surface area contributed by atoms with E-state index in [-0.39, 0.29) is 0 Å². The minimum atomic E-state index is 0.690. The number of allylic oxidation sites excluding steroid dienone is 1. The Kier molecular flexibility index (Phi) is 10.3. The molecule has 0 atom stereocenters. The minimum Gasteiger partial charge on any atom is -0.385 e. The number of hydrogen-bond donors (Lipinski definition) is 2. The van der Waals surface area contributed by atoms with E-state index in [0.717, 1.165) is 24.2 Å². The molecule has 0 radical (unpaired) electrons. The maximum Gasteiger partial charge on any atom is 0.0346 e. The Balaban J connectivity index is 2.02. The average Bonchev–Trinajstić information content (AvgIpc) is 2.74. The Bertz CT molecular complexity index is 771. The monoisotopic (exact) mass is 390 g/mol. The second-order valence-corrected chi connectivity index (χ2v) is 7.82. The number of unbranched alkanes of at least 4 members (excludes halogenated alkanes) is 4. The summed E-state index contributed by atoms with van der Waals surface area (Å²) in [7, 11) is 0. The summed E-state index contributed by atoms with van der Waals surface area (Å²) < 4.78 is 0. The molecule has 29 heavy (non-hydrogen) atoms. The van der Waals surface area contributed by atoms with E-state index in [9.17, 15) is 0 Å². The first-order chi connectivity index (χ1) is 14.2. The van der Waals surface area contributed by atoms with Crippen molar-refractivity contribution in [3.05, 3.63) is 77.4 Å². The van der Waals surface area contributed by atoms with Crippen LogP contribution < -0.4 is 11.1 Å². The minimum absolute atomic E-state index is 0.690. The van der Waals surface area contributed by atoms with E-state index < -0.39 is 0 Å². The zero-order valence-corrected chi connectivity index (χ0v) is 18.3. The van der Waals surface area contributed by atoms with E-state index in [0.29, 0.717) is 6.54 Å². The lowest BCUT2D eigenvalue weighted by Crippen LogP contribution is -2.16. The summed E-state index contributed by atoms with van der Waals surface area (Å²) in [5.41, 5.74) is 12.9. The van der Waals surface area contributed by atoms with E-state index in [1.807, 2.05) is 0 Å². The lowest BCUT2D eigenvalue weighted by molar-refractivity contribution is 0.632. The van der Waals surface area contributed by atoms with E-state index in [2.05, 4.69) is 80.4 Å². The van der Waals surface area contributed by atoms with E-state index in [4.69, 9.17) is 5.73 Å². The summed E-state index contributed by atoms with van der Waals surface area (Å²) in [6.07, 6.45) is 11.0. The van der Waals surface area contributed by atoms with Crippen LogP contribution in [0.25, 0.3) is 17.3 Å². The summed E-state index contributed by atoms with van der Waals surface area (Å²) in [4.78, 5) is 0. The van der Waals surface area contributed by atoms with Crippen LogP contribution in [0.4, 0.5) is 0 Å². The highest BCUT2D eigenvalue weighted by molar-refractivity contribution is 5.84. The fourth-order valence-electron chi connectivity index (χ4n) is 3.52. The summed E-state index contributed by atoms with van der Waals surface area (Å²) in [5.74, 6) is 0. The lowest BCUT2D eigenvalue weighted by Gasteiger charge is -2.13. The molecule has 156 valence electrons. The molecule has 2 rings (SSSR count). The van der Waals surface area contributed by atoms with Crippen molar-refractivity contribution in [1.29, 1.82) is 0 Å². The largest absolute Gasteiger partial charge is 0.385 e. The Labute approximate surface area is 177 Å². The zero-order valence-electron chi connectivity index (χ0n) is 18.3. The van der Waals surface area contributed by atoms with Crippen molar-refractivity contribution in [3.63, 3.8) is 0 Å². The standard InChI is InChI=1S/C27H38N2/c1-4-5-6-7-8-12-24-15-17-25(18-16-24)22(2)21-26-13-9-10-14-27(26)23(3)29-20-11-19-28/h9-10,13-18,21,29H,3-8,11-12,19-20,28H2,1-2H3/b22-21+. The lowest BCUT2D eigenvalue weighted by atomic mass is 9.98. The van der Waals surface area contributed by atoms with Crippen LogP contribution in [-0.4, -0.2) is 13.1 Å². The van der Waals surface area contributed by atoms with E-state index in [1.54, 1.807) is 0 Å². The number of aryl methyl sites for hydroxylation is 1. The number of benzene rings is 2. The van der Waals surface area contributed by atoms with Crippen LogP contribution in [0.2, 0.25) is 0 Å². The van der Waals surface area contributed by atoms with E-state index >= 15 is 0 Å². The second-order valence-electron chi connectivity index (χ2n) is 7.82. The van der Waals surface area contributed by atoms with Crippen LogP contribution in [0.5, 0.6) is 0 Å². The van der Waals surface area contributed by atoms with Crippen LogP contribution in [0.1, 0.15) is 74.6 Å². The number of hydrogen-bond acceptors (Lipinski definition) is 2. The van der Waals surface area contributed by atoms with Crippen molar-refractivity contribution in [1.82, 2.24) is 5.32 Å². The van der Waals surface area contributed by atoms with Crippen LogP contribution in [0.3, 0.4) is 0 Å². The molecule has 0 unspecified atom stereocenters. The summed E-state index contributed by atoms with van der Waals surface area (Å²) in [5, 5.41) is 3.39. The normalized spacial score (nSPS) is 11.5. The first-order valence-electron chi connectivity index (χ1n) is 11.2. The molecule has 0 saturated heterocycles. The maximum atomic E-state index is 5.59. The first kappa shape index (κ1) is 23.0. The van der Waals surface area contributed by atoms with Crippen molar-refractivity contribution in [3.8, 4) is 0 Å². The van der Waals surface area contributed by atoms with Crippen molar-refractivity contribution in [2.75, 3.05) is 13.1 Å². The van der Waals surface area contributed by atoms with E-state index in [1.165, 1.54) is 60.8 Å². The third kappa shape index (κ3) is 7.91. The highest BCUT2D eigenvalue weighted by atomic mass is 14.9. The molecule has 2 aromatic carbocycles. The van der Waals surface area contributed by atoms with Gasteiger partial charge < -0.3 is 11.1 Å². The maximum absolute atomic E-state index is 5.59. The molecule has 0 aliphatic heterocycles. The highest BCUT2D eigenvalue weighted by Gasteiger charge is 2.05. The Morgan fingerprint density at radius 1 is 0.966 bits per heavy atom. The molecule has 2 nitrogen and oxygen atoms in total. The smallest absolute Gasteiger partial charge is 0.0346 e. The van der Waals surface area contributed by atoms with Gasteiger partial charge in [0.2, 0.25) is 0 Å². The quantitative estimate of drug-likeness (QED) is 0.296. The van der Waals surface area contributed by atoms with Crippen LogP contribution in [0, 0.1) is 0 Å². The molecule has 0 aliphatic rings. The topological polar surface area (TPSA) is 38.0 Å². The van der Waals surface area contributed by atoms with Gasteiger partial charge in [-0.1, -0.05) is 93.8 Å². The van der Waals surface area contributed by atoms with Gasteiger partial charge in [0.15, 0.2) is 0 Å². The average molecular weight is 391 g/mol. The first-order valence-corrected chi connectivity index (χ1v) is 11.2. The zero-order chi connectivity index (χ0) is 20.9. The van der Waals surface area contributed by atoms with Gasteiger partial charge in [-0.25, -0.2) is 0 Å². The van der Waals surface area contributed by atoms with Crippen molar-refractivity contribution < 1.29 is 0 Å². The number of nitrogens with one attached hydrogen (secondary N) is 1. The predicted octanol–water partition coefficient (Wildman–Crippen LogP) is 6.67. The number of rotatable bonds is 13. The summed E-state index contributed by atoms with van der Waals surface area (Å²) >= 11 is 0. The molecule has 0 heterocycles. The molecule has 2 heteroatoms. The third-order valence-electron chi connectivity index (χ3n) is 5.36. The second kappa shape index (κ2) is 13.0. The fraction of sp³-hybridized carbons (Fsp3) is 0.407. The Morgan fingerprint density at radius 3 is 2.41 bits per heavy atom. The van der Waals surface area contributed by atoms with Gasteiger partial charge in [-0.05, 0) is 55.0 Å². The highest BCUT2D eigenvalue weighted by Crippen LogP contribution is 2.23. The molecule has 2 aromatic rings. The van der Waals surface area contributed by atoms with Gasteiger partial charge in [0.05, 0.1) is 0 Å². The molecule has 0 saturated carbocycles. The molecular formula is C27H38N2. The number of nitrogens with two attached hydrogens (primary N) is 1. The van der Waals surface area contributed by atoms with Gasteiger partial charge >= 0.3 is 0 Å². The van der Waals surface area contributed by atoms with Gasteiger partial charge in [-0.2, -0.15) is 0 Å². The van der Waals surface area contributed by atoms with Crippen molar-refractivity contribution in [2.45, 2.75) is 58.8 Å². The third-order valence-corrected chi connectivity index (χ3v) is 5.36. The predicted molar refractivity (Wildman–Crippen MR) is 130 cm³/mol. The van der Waals surface area contributed by atoms with Crippen molar-refractivity contribution in [2.24, 2.45) is 5.73 Å². The van der Waals surface area contributed by atoms with Gasteiger partial charge in [0.1, 0.15) is 0 Å². The fourth-order valence-corrected chi connectivity index (χ4v) is 3.52. The van der Waals surface area contributed by atoms with Crippen LogP contribution in [0.15, 0.2) is 55.1 Å². The van der Waals surface area contributed by atoms with Crippen LogP contribution >= 0.6 is 0 Å². The molecule has 0 amide bonds. The van der Waals surface area contributed by atoms with Gasteiger partial charge in [0.25, 0.3) is 0 Å². The molecule has 0 aliphatic carbocycles. The molecule has 0 spiro atoms. The molecule has 0 aromatic heterocycles. The van der Waals surface area contributed by atoms with Gasteiger partial charge in [0, 0.05) is 17.8 Å². The Hall–Kier alpha value is -2.32. The Morgan fingerprint density at radius 2 is 1.69 bits per heavy atom. The molecule has 0 fully saturated rings. The van der Waals surface area contributed by atoms with Gasteiger partial charge in [-0.3, -0.25) is 0 Å². The molecule has 0 bridgehead atoms. The van der Waals surface area contributed by atoms with Crippen LogP contribution in [-0.2, 0) is 6.42 Å².